The fourth-order valence-electron chi connectivity index (χ4n) is 0.754. The minimum Gasteiger partial charge on any atom is -0.431 e. The molecule has 4 nitrogen and oxygen atoms in total. The molecule has 0 radical (unpaired) electrons. The Morgan fingerprint density at radius 1 is 1.69 bits per heavy atom. The first kappa shape index (κ1) is 10.6. The molecule has 0 spiro atoms. The largest absolute Gasteiger partial charge is 0.431 e. The number of hydrogen-bond acceptors (Lipinski definition) is 4. The van der Waals surface area contributed by atoms with Crippen LogP contribution in [0.15, 0.2) is 24.5 Å². The molecule has 0 bridgehead atoms. The summed E-state index contributed by atoms with van der Waals surface area (Å²) in [5.41, 5.74) is 5.61. The van der Waals surface area contributed by atoms with Crippen LogP contribution in [0.5, 0.6) is 5.75 Å². The standard InChI is InChI=1S/C7H11N2O2PS/c1-2-10-12(8,13)11-7-4-3-5-9-6-7/h3-6H,2H2,1H3,(H2,8,13). The van der Waals surface area contributed by atoms with Gasteiger partial charge in [-0.2, -0.15) is 0 Å². The van der Waals surface area contributed by atoms with E-state index in [1.165, 1.54) is 0 Å². The van der Waals surface area contributed by atoms with Crippen molar-refractivity contribution < 1.29 is 9.05 Å². The van der Waals surface area contributed by atoms with Crippen LogP contribution in [0, 0.1) is 0 Å². The average molecular weight is 218 g/mol. The fourth-order valence-corrected chi connectivity index (χ4v) is 2.14. The molecule has 0 saturated heterocycles. The quantitative estimate of drug-likeness (QED) is 0.779. The van der Waals surface area contributed by atoms with Crippen molar-refractivity contribution in [2.45, 2.75) is 6.92 Å². The van der Waals surface area contributed by atoms with E-state index in [1.807, 2.05) is 6.92 Å². The Morgan fingerprint density at radius 3 is 3.00 bits per heavy atom. The first-order chi connectivity index (χ1) is 6.14. The Hall–Kier alpha value is -0.480. The maximum atomic E-state index is 5.61. The normalized spacial score (nSPS) is 14.9. The lowest BCUT2D eigenvalue weighted by molar-refractivity contribution is 0.331. The average Bonchev–Trinajstić information content (AvgIpc) is 2.04. The van der Waals surface area contributed by atoms with Crippen LogP contribution in [0.2, 0.25) is 0 Å². The summed E-state index contributed by atoms with van der Waals surface area (Å²) in [6, 6.07) is 3.48. The molecule has 6 heteroatoms. The molecular formula is C7H11N2O2PS. The number of nitrogens with two attached hydrogens (primary N) is 1. The van der Waals surface area contributed by atoms with Gasteiger partial charge in [0.2, 0.25) is 0 Å². The van der Waals surface area contributed by atoms with Crippen molar-refractivity contribution in [1.29, 1.82) is 0 Å². The molecule has 0 aliphatic carbocycles. The third-order valence-electron chi connectivity index (χ3n) is 1.18. The summed E-state index contributed by atoms with van der Waals surface area (Å²) in [6.45, 7) is -0.349. The molecule has 1 aromatic heterocycles. The minimum absolute atomic E-state index is 0.452. The Kier molecular flexibility index (Phi) is 3.81. The second-order valence-corrected chi connectivity index (χ2v) is 5.28. The number of rotatable bonds is 4. The molecule has 0 aliphatic rings. The zero-order valence-electron chi connectivity index (χ0n) is 7.21. The second kappa shape index (κ2) is 4.67. The highest BCUT2D eigenvalue weighted by atomic mass is 32.5. The summed E-state index contributed by atoms with van der Waals surface area (Å²) in [5, 5.41) is 0. The van der Waals surface area contributed by atoms with Crippen molar-refractivity contribution >= 4 is 18.4 Å². The van der Waals surface area contributed by atoms with Crippen LogP contribution < -0.4 is 10.0 Å². The Balaban J connectivity index is 2.64. The third-order valence-corrected chi connectivity index (χ3v) is 2.80. The maximum Gasteiger partial charge on any atom is 0.310 e. The molecule has 0 aromatic carbocycles. The van der Waals surface area contributed by atoms with Crippen LogP contribution in [0.3, 0.4) is 0 Å². The Morgan fingerprint density at radius 2 is 2.46 bits per heavy atom. The van der Waals surface area contributed by atoms with E-state index in [-0.39, 0.29) is 0 Å². The lowest BCUT2D eigenvalue weighted by atomic mass is 10.5. The van der Waals surface area contributed by atoms with Gasteiger partial charge in [0.15, 0.2) is 0 Å². The van der Waals surface area contributed by atoms with Crippen LogP contribution in [0.25, 0.3) is 0 Å². The molecule has 1 unspecified atom stereocenters. The van der Waals surface area contributed by atoms with Crippen LogP contribution in [-0.4, -0.2) is 11.6 Å². The first-order valence-corrected chi connectivity index (χ1v) is 6.47. The SMILES string of the molecule is CCOP(N)(=S)Oc1cccnc1. The Bertz CT molecular complexity index is 307. The van der Waals surface area contributed by atoms with Crippen LogP contribution in [0.4, 0.5) is 0 Å². The smallest absolute Gasteiger partial charge is 0.310 e. The van der Waals surface area contributed by atoms with Gasteiger partial charge in [-0.05, 0) is 30.9 Å². The van der Waals surface area contributed by atoms with Crippen LogP contribution >= 0.6 is 6.64 Å². The number of aromatic nitrogens is 1. The van der Waals surface area contributed by atoms with E-state index in [1.54, 1.807) is 24.5 Å². The highest BCUT2D eigenvalue weighted by Crippen LogP contribution is 2.39. The molecule has 1 aromatic rings. The number of pyridine rings is 1. The highest BCUT2D eigenvalue weighted by Gasteiger charge is 2.12. The lowest BCUT2D eigenvalue weighted by Crippen LogP contribution is -2.05. The maximum absolute atomic E-state index is 5.61. The van der Waals surface area contributed by atoms with E-state index in [9.17, 15) is 0 Å². The molecule has 1 heterocycles. The fraction of sp³-hybridized carbons (Fsp3) is 0.286. The van der Waals surface area contributed by atoms with Gasteiger partial charge in [0.25, 0.3) is 0 Å². The van der Waals surface area contributed by atoms with Crippen molar-refractivity contribution in [1.82, 2.24) is 4.98 Å². The van der Waals surface area contributed by atoms with Gasteiger partial charge in [0.1, 0.15) is 5.75 Å². The second-order valence-electron chi connectivity index (χ2n) is 2.24. The van der Waals surface area contributed by atoms with Gasteiger partial charge in [0.05, 0.1) is 12.8 Å². The molecule has 1 rings (SSSR count). The summed E-state index contributed by atoms with van der Waals surface area (Å²) < 4.78 is 10.3. The monoisotopic (exact) mass is 218 g/mol. The van der Waals surface area contributed by atoms with Crippen molar-refractivity contribution in [3.8, 4) is 5.75 Å². The van der Waals surface area contributed by atoms with E-state index < -0.39 is 6.64 Å². The van der Waals surface area contributed by atoms with Crippen molar-refractivity contribution in [3.63, 3.8) is 0 Å². The molecular weight excluding hydrogens is 207 g/mol. The zero-order chi connectivity index (χ0) is 9.73. The topological polar surface area (TPSA) is 57.4 Å². The van der Waals surface area contributed by atoms with Crippen molar-refractivity contribution in [3.05, 3.63) is 24.5 Å². The van der Waals surface area contributed by atoms with Crippen molar-refractivity contribution in [2.24, 2.45) is 5.50 Å². The summed E-state index contributed by atoms with van der Waals surface area (Å²) in [7, 11) is 0. The molecule has 2 N–H and O–H groups in total. The van der Waals surface area contributed by atoms with E-state index in [2.05, 4.69) is 4.98 Å². The van der Waals surface area contributed by atoms with Gasteiger partial charge < -0.3 is 9.05 Å². The van der Waals surface area contributed by atoms with Gasteiger partial charge in [-0.1, -0.05) is 0 Å². The van der Waals surface area contributed by atoms with E-state index in [0.717, 1.165) is 0 Å². The summed E-state index contributed by atoms with van der Waals surface area (Å²) in [6.07, 6.45) is 3.19. The van der Waals surface area contributed by atoms with Crippen LogP contribution in [-0.2, 0) is 16.3 Å². The molecule has 0 fully saturated rings. The predicted molar refractivity (Wildman–Crippen MR) is 55.0 cm³/mol. The first-order valence-electron chi connectivity index (χ1n) is 3.77. The summed E-state index contributed by atoms with van der Waals surface area (Å²) in [5.74, 6) is 0.543. The van der Waals surface area contributed by atoms with Crippen molar-refractivity contribution in [2.75, 3.05) is 6.61 Å². The summed E-state index contributed by atoms with van der Waals surface area (Å²) in [4.78, 5) is 3.86. The molecule has 0 amide bonds. The Labute approximate surface area is 82.3 Å². The van der Waals surface area contributed by atoms with Gasteiger partial charge in [-0.15, -0.1) is 0 Å². The van der Waals surface area contributed by atoms with Crippen LogP contribution in [0.1, 0.15) is 6.92 Å². The van der Waals surface area contributed by atoms with E-state index in [0.29, 0.717) is 12.4 Å². The van der Waals surface area contributed by atoms with Gasteiger partial charge >= 0.3 is 6.64 Å². The highest BCUT2D eigenvalue weighted by molar-refractivity contribution is 8.08. The lowest BCUT2D eigenvalue weighted by Gasteiger charge is -2.16. The number of nitrogens with zero attached hydrogens (tertiary/aromatic N) is 1. The number of hydrogen-bond donors (Lipinski definition) is 1. The third kappa shape index (κ3) is 3.83. The minimum atomic E-state index is -2.62. The van der Waals surface area contributed by atoms with E-state index >= 15 is 0 Å². The molecule has 13 heavy (non-hydrogen) atoms. The molecule has 1 atom stereocenters. The molecule has 72 valence electrons. The molecule has 0 saturated carbocycles. The predicted octanol–water partition coefficient (Wildman–Crippen LogP) is 1.68. The van der Waals surface area contributed by atoms with Gasteiger partial charge in [0, 0.05) is 6.20 Å². The summed E-state index contributed by atoms with van der Waals surface area (Å²) >= 11 is 4.94. The van der Waals surface area contributed by atoms with Gasteiger partial charge in [-0.3, -0.25) is 4.98 Å². The van der Waals surface area contributed by atoms with Gasteiger partial charge in [-0.25, -0.2) is 5.50 Å². The van der Waals surface area contributed by atoms with E-state index in [4.69, 9.17) is 26.4 Å². The molecule has 0 aliphatic heterocycles. The zero-order valence-corrected chi connectivity index (χ0v) is 8.92.